The van der Waals surface area contributed by atoms with E-state index >= 15 is 0 Å². The lowest BCUT2D eigenvalue weighted by Crippen LogP contribution is -2.19. The molecular weight excluding hydrogens is 246 g/mol. The first-order valence-corrected chi connectivity index (χ1v) is 5.94. The molecular formula is C12H13N5O2. The molecule has 0 fully saturated rings. The second-order valence-electron chi connectivity index (χ2n) is 4.35. The van der Waals surface area contributed by atoms with E-state index < -0.39 is 0 Å². The summed E-state index contributed by atoms with van der Waals surface area (Å²) < 4.78 is 4.66. The first kappa shape index (κ1) is 11.5. The molecule has 4 N–H and O–H groups in total. The number of benzene rings is 1. The van der Waals surface area contributed by atoms with Gasteiger partial charge in [-0.15, -0.1) is 0 Å². The van der Waals surface area contributed by atoms with E-state index in [4.69, 9.17) is 5.73 Å². The third-order valence-electron chi connectivity index (χ3n) is 3.01. The van der Waals surface area contributed by atoms with Crippen LogP contribution in [0.1, 0.15) is 17.8 Å². The number of hydrogen-bond donors (Lipinski definition) is 3. The summed E-state index contributed by atoms with van der Waals surface area (Å²) in [6.07, 6.45) is 2.50. The van der Waals surface area contributed by atoms with Crippen molar-refractivity contribution in [2.75, 3.05) is 16.4 Å². The number of aromatic nitrogens is 2. The lowest BCUT2D eigenvalue weighted by Gasteiger charge is -2.19. The molecule has 19 heavy (non-hydrogen) atoms. The molecule has 2 heterocycles. The number of fused-ring (bicyclic) bond motifs is 1. The Kier molecular flexibility index (Phi) is 2.79. The van der Waals surface area contributed by atoms with Gasteiger partial charge in [0, 0.05) is 12.1 Å². The van der Waals surface area contributed by atoms with Gasteiger partial charge in [0.05, 0.1) is 17.9 Å². The second kappa shape index (κ2) is 4.60. The number of hydrogen-bond acceptors (Lipinski definition) is 6. The van der Waals surface area contributed by atoms with Crippen LogP contribution in [-0.2, 0) is 17.8 Å². The molecule has 0 spiro atoms. The number of nitrogens with two attached hydrogens (primary N) is 1. The molecule has 0 bridgehead atoms. The summed E-state index contributed by atoms with van der Waals surface area (Å²) in [7, 11) is 0. The molecule has 0 saturated carbocycles. The number of aryl methyl sites for hydroxylation is 1. The molecule has 0 radical (unpaired) electrons. The molecule has 7 nitrogen and oxygen atoms in total. The molecule has 0 unspecified atom stereocenters. The van der Waals surface area contributed by atoms with Gasteiger partial charge in [-0.2, -0.15) is 4.98 Å². The van der Waals surface area contributed by atoms with E-state index in [1.165, 1.54) is 6.39 Å². The zero-order valence-corrected chi connectivity index (χ0v) is 10.1. The third kappa shape index (κ3) is 2.35. The van der Waals surface area contributed by atoms with Crippen LogP contribution in [-0.4, -0.2) is 16.0 Å². The van der Waals surface area contributed by atoms with Gasteiger partial charge in [0.2, 0.25) is 12.3 Å². The lowest BCUT2D eigenvalue weighted by atomic mass is 10.0. The van der Waals surface area contributed by atoms with Crippen molar-refractivity contribution in [3.8, 4) is 0 Å². The summed E-state index contributed by atoms with van der Waals surface area (Å²) in [6, 6.07) is 3.72. The number of nitrogens with zero attached hydrogens (tertiary/aromatic N) is 2. The van der Waals surface area contributed by atoms with Crippen LogP contribution in [0.15, 0.2) is 23.0 Å². The van der Waals surface area contributed by atoms with Gasteiger partial charge >= 0.3 is 0 Å². The van der Waals surface area contributed by atoms with Crippen LogP contribution in [0.5, 0.6) is 0 Å². The Morgan fingerprint density at radius 2 is 2.32 bits per heavy atom. The first-order valence-electron chi connectivity index (χ1n) is 5.94. The Labute approximate surface area is 109 Å². The van der Waals surface area contributed by atoms with Crippen molar-refractivity contribution < 1.29 is 9.32 Å². The standard InChI is InChI=1S/C12H13N5O2/c13-8-4-9-7(1-2-12(18)16-9)3-10(8)14-5-11-15-6-19-17-11/h3-4,6,14H,1-2,5,13H2,(H,16,18). The SMILES string of the molecule is Nc1cc2c(cc1NCc1ncon1)CCC(=O)N2. The second-order valence-corrected chi connectivity index (χ2v) is 4.35. The number of nitrogens with one attached hydrogen (secondary N) is 2. The summed E-state index contributed by atoms with van der Waals surface area (Å²) in [4.78, 5) is 15.2. The number of rotatable bonds is 3. The molecule has 0 atom stereocenters. The lowest BCUT2D eigenvalue weighted by molar-refractivity contribution is -0.116. The number of carbonyl (C=O) groups excluding carboxylic acids is 1. The monoisotopic (exact) mass is 259 g/mol. The van der Waals surface area contributed by atoms with Gasteiger partial charge < -0.3 is 20.9 Å². The Balaban J connectivity index is 1.80. The van der Waals surface area contributed by atoms with Gasteiger partial charge in [-0.3, -0.25) is 4.79 Å². The van der Waals surface area contributed by atoms with Crippen molar-refractivity contribution in [3.63, 3.8) is 0 Å². The summed E-state index contributed by atoms with van der Waals surface area (Å²) in [5.41, 5.74) is 9.19. The van der Waals surface area contributed by atoms with Crippen molar-refractivity contribution in [2.24, 2.45) is 0 Å². The predicted octanol–water partition coefficient (Wildman–Crippen LogP) is 1.15. The number of carbonyl (C=O) groups is 1. The highest BCUT2D eigenvalue weighted by Gasteiger charge is 2.16. The zero-order chi connectivity index (χ0) is 13.2. The first-order chi connectivity index (χ1) is 9.22. The van der Waals surface area contributed by atoms with E-state index in [0.29, 0.717) is 24.5 Å². The molecule has 0 saturated heterocycles. The van der Waals surface area contributed by atoms with Crippen LogP contribution < -0.4 is 16.4 Å². The fraction of sp³-hybridized carbons (Fsp3) is 0.250. The van der Waals surface area contributed by atoms with Gasteiger partial charge in [-0.1, -0.05) is 5.16 Å². The van der Waals surface area contributed by atoms with Gasteiger partial charge in [0.25, 0.3) is 0 Å². The van der Waals surface area contributed by atoms with Gasteiger partial charge in [-0.05, 0) is 24.1 Å². The Hall–Kier alpha value is -2.57. The Morgan fingerprint density at radius 3 is 3.11 bits per heavy atom. The number of anilines is 3. The molecule has 7 heteroatoms. The van der Waals surface area contributed by atoms with Crippen molar-refractivity contribution in [1.29, 1.82) is 0 Å². The Morgan fingerprint density at radius 1 is 1.42 bits per heavy atom. The summed E-state index contributed by atoms with van der Waals surface area (Å²) in [5, 5.41) is 9.68. The van der Waals surface area contributed by atoms with Crippen LogP contribution in [0, 0.1) is 0 Å². The third-order valence-corrected chi connectivity index (χ3v) is 3.01. The topological polar surface area (TPSA) is 106 Å². The normalized spacial score (nSPS) is 13.8. The van der Waals surface area contributed by atoms with Gasteiger partial charge in [0.1, 0.15) is 0 Å². The molecule has 0 aliphatic carbocycles. The number of amides is 1. The van der Waals surface area contributed by atoms with Gasteiger partial charge in [0.15, 0.2) is 5.82 Å². The minimum absolute atomic E-state index is 0.0272. The smallest absolute Gasteiger partial charge is 0.224 e. The summed E-state index contributed by atoms with van der Waals surface area (Å²) in [6.45, 7) is 0.436. The van der Waals surface area contributed by atoms with Crippen molar-refractivity contribution in [3.05, 3.63) is 29.9 Å². The van der Waals surface area contributed by atoms with Crippen LogP contribution >= 0.6 is 0 Å². The van der Waals surface area contributed by atoms with Crippen LogP contribution in [0.4, 0.5) is 17.1 Å². The molecule has 1 aliphatic heterocycles. The average Bonchev–Trinajstić information content (AvgIpc) is 2.89. The zero-order valence-electron chi connectivity index (χ0n) is 10.1. The maximum atomic E-state index is 11.3. The van der Waals surface area contributed by atoms with Gasteiger partial charge in [-0.25, -0.2) is 0 Å². The maximum Gasteiger partial charge on any atom is 0.224 e. The van der Waals surface area contributed by atoms with E-state index in [1.807, 2.05) is 6.07 Å². The highest BCUT2D eigenvalue weighted by Crippen LogP contribution is 2.31. The fourth-order valence-electron chi connectivity index (χ4n) is 2.04. The highest BCUT2D eigenvalue weighted by atomic mass is 16.5. The minimum atomic E-state index is 0.0272. The molecule has 3 rings (SSSR count). The van der Waals surface area contributed by atoms with Crippen molar-refractivity contribution >= 4 is 23.0 Å². The minimum Gasteiger partial charge on any atom is -0.397 e. The molecule has 1 aromatic carbocycles. The molecule has 2 aromatic rings. The van der Waals surface area contributed by atoms with Crippen LogP contribution in [0.2, 0.25) is 0 Å². The number of nitrogen functional groups attached to an aromatic ring is 1. The van der Waals surface area contributed by atoms with Crippen LogP contribution in [0.25, 0.3) is 0 Å². The highest BCUT2D eigenvalue weighted by molar-refractivity contribution is 5.95. The molecule has 1 amide bonds. The average molecular weight is 259 g/mol. The van der Waals surface area contributed by atoms with E-state index in [1.54, 1.807) is 6.07 Å². The summed E-state index contributed by atoms with van der Waals surface area (Å²) in [5.74, 6) is 0.588. The van der Waals surface area contributed by atoms with Crippen molar-refractivity contribution in [2.45, 2.75) is 19.4 Å². The largest absolute Gasteiger partial charge is 0.397 e. The predicted molar refractivity (Wildman–Crippen MR) is 69.4 cm³/mol. The maximum absolute atomic E-state index is 11.3. The van der Waals surface area contributed by atoms with E-state index in [-0.39, 0.29) is 5.91 Å². The van der Waals surface area contributed by atoms with Crippen molar-refractivity contribution in [1.82, 2.24) is 10.1 Å². The molecule has 1 aliphatic rings. The van der Waals surface area contributed by atoms with Crippen LogP contribution in [0.3, 0.4) is 0 Å². The quantitative estimate of drug-likeness (QED) is 0.714. The summed E-state index contributed by atoms with van der Waals surface area (Å²) >= 11 is 0. The van der Waals surface area contributed by atoms with E-state index in [9.17, 15) is 4.79 Å². The fourth-order valence-corrected chi connectivity index (χ4v) is 2.04. The Bertz CT molecular complexity index is 609. The van der Waals surface area contributed by atoms with E-state index in [0.717, 1.165) is 23.4 Å². The molecule has 98 valence electrons. The molecule has 1 aromatic heterocycles. The van der Waals surface area contributed by atoms with E-state index in [2.05, 4.69) is 25.3 Å².